The van der Waals surface area contributed by atoms with Gasteiger partial charge in [0.15, 0.2) is 0 Å². The molecule has 0 spiro atoms. The van der Waals surface area contributed by atoms with Gasteiger partial charge in [0.25, 0.3) is 5.91 Å². The Morgan fingerprint density at radius 2 is 1.71 bits per heavy atom. The van der Waals surface area contributed by atoms with Crippen molar-refractivity contribution in [3.8, 4) is 11.3 Å². The number of carbonyl (C=O) groups excluding carboxylic acids is 1. The van der Waals surface area contributed by atoms with Crippen molar-refractivity contribution in [1.29, 1.82) is 0 Å². The summed E-state index contributed by atoms with van der Waals surface area (Å²) < 4.78 is 79.0. The summed E-state index contributed by atoms with van der Waals surface area (Å²) in [5.41, 5.74) is -1.06. The Morgan fingerprint density at radius 1 is 1.07 bits per heavy atom. The van der Waals surface area contributed by atoms with Gasteiger partial charge in [-0.05, 0) is 71.4 Å². The summed E-state index contributed by atoms with van der Waals surface area (Å²) in [7, 11) is -4.55. The van der Waals surface area contributed by atoms with Crippen LogP contribution in [0.15, 0.2) is 23.1 Å². The number of hydrogen-bond donors (Lipinski definition) is 2. The molecule has 7 nitrogen and oxygen atoms in total. The molecule has 2 fully saturated rings. The summed E-state index contributed by atoms with van der Waals surface area (Å²) in [6.07, 6.45) is 1.57. The zero-order chi connectivity index (χ0) is 30.2. The highest BCUT2D eigenvalue weighted by atomic mass is 35.5. The second kappa shape index (κ2) is 12.3. The Bertz CT molecular complexity index is 1370. The molecular formula is C29H39ClF3N3O4S. The summed E-state index contributed by atoms with van der Waals surface area (Å²) >= 11 is 6.48. The highest BCUT2D eigenvalue weighted by Crippen LogP contribution is 2.45. The molecule has 1 saturated heterocycles. The van der Waals surface area contributed by atoms with E-state index < -0.39 is 37.2 Å². The van der Waals surface area contributed by atoms with E-state index in [1.807, 2.05) is 4.57 Å². The van der Waals surface area contributed by atoms with Crippen LogP contribution >= 0.6 is 11.6 Å². The molecule has 1 aromatic heterocycles. The number of carbonyl (C=O) groups is 1. The molecule has 0 bridgehead atoms. The largest absolute Gasteiger partial charge is 0.419 e. The molecule has 41 heavy (non-hydrogen) atoms. The SMILES string of the molecule is Cc1c(C(=O)NC2CCOCC2)cc(-c2ccc(S(=O)(=O)NC(C)(C)C)c(C(F)(F)F)c2Cl)n1CC1CCCCC1. The van der Waals surface area contributed by atoms with Gasteiger partial charge in [0.1, 0.15) is 0 Å². The zero-order valence-corrected chi connectivity index (χ0v) is 25.5. The molecule has 0 unspecified atom stereocenters. The zero-order valence-electron chi connectivity index (χ0n) is 24.0. The highest BCUT2D eigenvalue weighted by Gasteiger charge is 2.42. The Balaban J connectivity index is 1.84. The molecule has 1 aromatic carbocycles. The standard InChI is InChI=1S/C29H39ClF3N3O4S/c1-18-22(27(37)34-20-12-14-40-15-13-20)16-23(36(18)17-19-8-6-5-7-9-19)21-10-11-24(25(26(21)30)29(31,32)33)41(38,39)35-28(2,3)4/h10-11,16,19-20,35H,5-9,12-15,17H2,1-4H3,(H,34,37). The smallest absolute Gasteiger partial charge is 0.381 e. The minimum Gasteiger partial charge on any atom is -0.381 e. The molecule has 1 aliphatic heterocycles. The van der Waals surface area contributed by atoms with Crippen LogP contribution in [0.4, 0.5) is 13.2 Å². The predicted octanol–water partition coefficient (Wildman–Crippen LogP) is 6.70. The number of ether oxygens (including phenoxy) is 1. The van der Waals surface area contributed by atoms with Crippen LogP contribution in [0.1, 0.15) is 87.3 Å². The van der Waals surface area contributed by atoms with Gasteiger partial charge < -0.3 is 14.6 Å². The van der Waals surface area contributed by atoms with Crippen LogP contribution in [0.2, 0.25) is 5.02 Å². The van der Waals surface area contributed by atoms with Crippen LogP contribution in [-0.2, 0) is 27.5 Å². The van der Waals surface area contributed by atoms with E-state index in [0.717, 1.165) is 38.2 Å². The van der Waals surface area contributed by atoms with Crippen molar-refractivity contribution in [2.45, 2.75) is 102 Å². The number of aromatic nitrogens is 1. The lowest BCUT2D eigenvalue weighted by Crippen LogP contribution is -2.41. The molecule has 12 heteroatoms. The molecule has 2 aliphatic rings. The summed E-state index contributed by atoms with van der Waals surface area (Å²) in [6.45, 7) is 8.04. The number of hydrogen-bond acceptors (Lipinski definition) is 4. The number of halogens is 4. The maximum atomic E-state index is 14.5. The molecule has 2 aromatic rings. The van der Waals surface area contributed by atoms with Crippen molar-refractivity contribution in [3.63, 3.8) is 0 Å². The lowest BCUT2D eigenvalue weighted by Gasteiger charge is -2.26. The predicted molar refractivity (Wildman–Crippen MR) is 153 cm³/mol. The number of sulfonamides is 1. The molecule has 1 saturated carbocycles. The number of nitrogens with zero attached hydrogens (tertiary/aromatic N) is 1. The van der Waals surface area contributed by atoms with Crippen LogP contribution in [0, 0.1) is 12.8 Å². The van der Waals surface area contributed by atoms with E-state index in [-0.39, 0.29) is 17.5 Å². The van der Waals surface area contributed by atoms with Gasteiger partial charge in [-0.2, -0.15) is 13.2 Å². The topological polar surface area (TPSA) is 89.4 Å². The molecule has 1 amide bonds. The minimum atomic E-state index is -5.05. The molecule has 1 aliphatic carbocycles. The molecule has 4 rings (SSSR count). The third-order valence-electron chi connectivity index (χ3n) is 7.73. The van der Waals surface area contributed by atoms with Gasteiger partial charge in [-0.3, -0.25) is 4.79 Å². The molecule has 228 valence electrons. The normalized spacial score (nSPS) is 18.0. The Hall–Kier alpha value is -2.08. The van der Waals surface area contributed by atoms with E-state index in [1.165, 1.54) is 6.07 Å². The van der Waals surface area contributed by atoms with Crippen LogP contribution in [0.3, 0.4) is 0 Å². The van der Waals surface area contributed by atoms with Crippen molar-refractivity contribution in [2.24, 2.45) is 5.92 Å². The summed E-state index contributed by atoms with van der Waals surface area (Å²) in [5.74, 6) is -0.00436. The van der Waals surface area contributed by atoms with Crippen molar-refractivity contribution >= 4 is 27.5 Å². The lowest BCUT2D eigenvalue weighted by atomic mass is 9.89. The minimum absolute atomic E-state index is 0.0257. The first-order valence-electron chi connectivity index (χ1n) is 14.1. The molecule has 2 N–H and O–H groups in total. The number of benzene rings is 1. The van der Waals surface area contributed by atoms with E-state index in [2.05, 4.69) is 10.0 Å². The molecular weight excluding hydrogens is 579 g/mol. The van der Waals surface area contributed by atoms with Gasteiger partial charge in [-0.1, -0.05) is 36.9 Å². The highest BCUT2D eigenvalue weighted by molar-refractivity contribution is 7.89. The second-order valence-corrected chi connectivity index (χ2v) is 14.2. The van der Waals surface area contributed by atoms with Crippen molar-refractivity contribution in [1.82, 2.24) is 14.6 Å². The average Bonchev–Trinajstić information content (AvgIpc) is 3.18. The first-order chi connectivity index (χ1) is 19.1. The molecule has 2 heterocycles. The van der Waals surface area contributed by atoms with Crippen LogP contribution in [0.25, 0.3) is 11.3 Å². The third-order valence-corrected chi connectivity index (χ3v) is 9.92. The van der Waals surface area contributed by atoms with Gasteiger partial charge in [0, 0.05) is 42.6 Å². The Kier molecular flexibility index (Phi) is 9.53. The molecule has 0 radical (unpaired) electrons. The van der Waals surface area contributed by atoms with Crippen LogP contribution in [0.5, 0.6) is 0 Å². The fourth-order valence-electron chi connectivity index (χ4n) is 5.77. The second-order valence-electron chi connectivity index (χ2n) is 12.2. The first-order valence-corrected chi connectivity index (χ1v) is 16.0. The fraction of sp³-hybridized carbons (Fsp3) is 0.621. The van der Waals surface area contributed by atoms with Crippen molar-refractivity contribution in [3.05, 3.63) is 40.0 Å². The van der Waals surface area contributed by atoms with Crippen molar-refractivity contribution < 1.29 is 31.1 Å². The van der Waals surface area contributed by atoms with Crippen LogP contribution < -0.4 is 10.0 Å². The van der Waals surface area contributed by atoms with E-state index in [4.69, 9.17) is 16.3 Å². The lowest BCUT2D eigenvalue weighted by molar-refractivity contribution is -0.139. The number of alkyl halides is 3. The number of rotatable bonds is 7. The van der Waals surface area contributed by atoms with Gasteiger partial charge in [-0.25, -0.2) is 13.1 Å². The van der Waals surface area contributed by atoms with Gasteiger partial charge in [0.2, 0.25) is 10.0 Å². The first kappa shape index (κ1) is 31.8. The van der Waals surface area contributed by atoms with Gasteiger partial charge >= 0.3 is 6.18 Å². The van der Waals surface area contributed by atoms with Gasteiger partial charge in [0.05, 0.1) is 26.7 Å². The Morgan fingerprint density at radius 3 is 2.29 bits per heavy atom. The third kappa shape index (κ3) is 7.47. The Labute approximate surface area is 245 Å². The summed E-state index contributed by atoms with van der Waals surface area (Å²) in [6, 6.07) is 3.78. The average molecular weight is 618 g/mol. The van der Waals surface area contributed by atoms with Gasteiger partial charge in [-0.15, -0.1) is 0 Å². The van der Waals surface area contributed by atoms with E-state index in [0.29, 0.717) is 55.5 Å². The quantitative estimate of drug-likeness (QED) is 0.362. The maximum absolute atomic E-state index is 14.5. The fourth-order valence-corrected chi connectivity index (χ4v) is 7.84. The van der Waals surface area contributed by atoms with E-state index in [9.17, 15) is 26.4 Å². The van der Waals surface area contributed by atoms with Crippen molar-refractivity contribution in [2.75, 3.05) is 13.2 Å². The number of nitrogens with one attached hydrogen (secondary N) is 2. The summed E-state index contributed by atoms with van der Waals surface area (Å²) in [4.78, 5) is 12.4. The van der Waals surface area contributed by atoms with E-state index >= 15 is 0 Å². The van der Waals surface area contributed by atoms with Crippen LogP contribution in [-0.4, -0.2) is 43.7 Å². The molecule has 0 atom stereocenters. The maximum Gasteiger partial charge on any atom is 0.419 e. The summed E-state index contributed by atoms with van der Waals surface area (Å²) in [5, 5.41) is 2.33. The van der Waals surface area contributed by atoms with E-state index in [1.54, 1.807) is 33.8 Å². The monoisotopic (exact) mass is 617 g/mol. The number of amides is 1.